The number of benzene rings is 1. The van der Waals surface area contributed by atoms with Crippen LogP contribution in [-0.2, 0) is 6.54 Å². The van der Waals surface area contributed by atoms with Gasteiger partial charge in [0.1, 0.15) is 6.54 Å². The number of hydrogen-bond donors (Lipinski definition) is 1. The number of hydrogen-bond acceptors (Lipinski definition) is 7. The maximum atomic E-state index is 12.5. The largest absolute Gasteiger partial charge is 0.370 e. The second-order valence-corrected chi connectivity index (χ2v) is 6.76. The summed E-state index contributed by atoms with van der Waals surface area (Å²) < 4.78 is 6.62. The van der Waals surface area contributed by atoms with Gasteiger partial charge in [-0.2, -0.15) is 10.1 Å². The van der Waals surface area contributed by atoms with Crippen LogP contribution in [0.1, 0.15) is 18.7 Å². The van der Waals surface area contributed by atoms with Crippen LogP contribution in [0.15, 0.2) is 51.9 Å². The molecule has 0 atom stereocenters. The fourth-order valence-corrected chi connectivity index (χ4v) is 3.29. The molecule has 0 radical (unpaired) electrons. The van der Waals surface area contributed by atoms with Gasteiger partial charge in [0.15, 0.2) is 5.82 Å². The van der Waals surface area contributed by atoms with Crippen molar-refractivity contribution in [2.45, 2.75) is 19.4 Å². The number of piperidine rings is 1. The molecule has 3 heterocycles. The average molecular weight is 366 g/mol. The van der Waals surface area contributed by atoms with Crippen LogP contribution in [0.5, 0.6) is 0 Å². The lowest BCUT2D eigenvalue weighted by atomic mass is 9.97. The highest BCUT2D eigenvalue weighted by atomic mass is 16.5. The number of aromatic nitrogens is 4. The Morgan fingerprint density at radius 3 is 2.67 bits per heavy atom. The summed E-state index contributed by atoms with van der Waals surface area (Å²) in [6.07, 6.45) is 3.82. The average Bonchev–Trinajstić information content (AvgIpc) is 3.19. The lowest BCUT2D eigenvalue weighted by Gasteiger charge is -2.32. The zero-order valence-corrected chi connectivity index (χ0v) is 15.0. The SMILES string of the molecule is NCC1CCN(c2cnn(Cc3noc(-c4ccccc4)n3)c(=O)c2)CC1. The quantitative estimate of drug-likeness (QED) is 0.730. The molecular weight excluding hydrogens is 344 g/mol. The Bertz CT molecular complexity index is 944. The zero-order valence-electron chi connectivity index (χ0n) is 15.0. The van der Waals surface area contributed by atoms with Crippen LogP contribution in [0, 0.1) is 5.92 Å². The van der Waals surface area contributed by atoms with E-state index in [1.807, 2.05) is 30.3 Å². The summed E-state index contributed by atoms with van der Waals surface area (Å²) in [5, 5.41) is 8.24. The summed E-state index contributed by atoms with van der Waals surface area (Å²) in [4.78, 5) is 19.0. The van der Waals surface area contributed by atoms with E-state index in [9.17, 15) is 4.79 Å². The molecule has 1 aliphatic rings. The van der Waals surface area contributed by atoms with E-state index in [1.165, 1.54) is 4.68 Å². The highest BCUT2D eigenvalue weighted by molar-refractivity contribution is 5.52. The van der Waals surface area contributed by atoms with Crippen molar-refractivity contribution in [2.24, 2.45) is 11.7 Å². The molecule has 2 N–H and O–H groups in total. The van der Waals surface area contributed by atoms with Gasteiger partial charge in [-0.3, -0.25) is 4.79 Å². The third-order valence-electron chi connectivity index (χ3n) is 4.95. The van der Waals surface area contributed by atoms with Crippen molar-refractivity contribution in [1.82, 2.24) is 19.9 Å². The minimum atomic E-state index is -0.181. The maximum Gasteiger partial charge on any atom is 0.269 e. The van der Waals surface area contributed by atoms with Gasteiger partial charge in [-0.25, -0.2) is 4.68 Å². The first-order valence-corrected chi connectivity index (χ1v) is 9.13. The van der Waals surface area contributed by atoms with E-state index in [0.29, 0.717) is 17.6 Å². The molecule has 27 heavy (non-hydrogen) atoms. The summed E-state index contributed by atoms with van der Waals surface area (Å²) in [7, 11) is 0. The summed E-state index contributed by atoms with van der Waals surface area (Å²) in [6, 6.07) is 11.1. The zero-order chi connectivity index (χ0) is 18.6. The summed E-state index contributed by atoms with van der Waals surface area (Å²) in [6.45, 7) is 2.70. The van der Waals surface area contributed by atoms with Gasteiger partial charge in [0.05, 0.1) is 11.9 Å². The summed E-state index contributed by atoms with van der Waals surface area (Å²) >= 11 is 0. The molecule has 1 fully saturated rings. The van der Waals surface area contributed by atoms with Crippen molar-refractivity contribution in [1.29, 1.82) is 0 Å². The molecule has 0 unspecified atom stereocenters. The Kier molecular flexibility index (Phi) is 4.97. The minimum absolute atomic E-state index is 0.171. The van der Waals surface area contributed by atoms with Gasteiger partial charge >= 0.3 is 0 Å². The van der Waals surface area contributed by atoms with E-state index in [0.717, 1.165) is 43.7 Å². The molecule has 1 saturated heterocycles. The van der Waals surface area contributed by atoms with E-state index < -0.39 is 0 Å². The first-order valence-electron chi connectivity index (χ1n) is 9.13. The predicted molar refractivity (Wildman–Crippen MR) is 101 cm³/mol. The molecular formula is C19H22N6O2. The van der Waals surface area contributed by atoms with Crippen LogP contribution in [-0.4, -0.2) is 39.6 Å². The van der Waals surface area contributed by atoms with E-state index in [-0.39, 0.29) is 12.1 Å². The topological polar surface area (TPSA) is 103 Å². The highest BCUT2D eigenvalue weighted by Crippen LogP contribution is 2.21. The van der Waals surface area contributed by atoms with Crippen LogP contribution in [0.25, 0.3) is 11.5 Å². The molecule has 8 heteroatoms. The van der Waals surface area contributed by atoms with Gasteiger partial charge < -0.3 is 15.2 Å². The smallest absolute Gasteiger partial charge is 0.269 e. The van der Waals surface area contributed by atoms with Crippen molar-refractivity contribution in [2.75, 3.05) is 24.5 Å². The normalized spacial score (nSPS) is 15.2. The van der Waals surface area contributed by atoms with Gasteiger partial charge in [-0.1, -0.05) is 23.4 Å². The van der Waals surface area contributed by atoms with Gasteiger partial charge in [0.2, 0.25) is 0 Å². The van der Waals surface area contributed by atoms with Gasteiger partial charge in [0, 0.05) is 24.7 Å². The summed E-state index contributed by atoms with van der Waals surface area (Å²) in [5.74, 6) is 1.42. The number of nitrogens with zero attached hydrogens (tertiary/aromatic N) is 5. The molecule has 1 aliphatic heterocycles. The first kappa shape index (κ1) is 17.4. The second-order valence-electron chi connectivity index (χ2n) is 6.76. The lowest BCUT2D eigenvalue weighted by molar-refractivity contribution is 0.413. The van der Waals surface area contributed by atoms with Crippen LogP contribution in [0.4, 0.5) is 5.69 Å². The van der Waals surface area contributed by atoms with Crippen LogP contribution < -0.4 is 16.2 Å². The predicted octanol–water partition coefficient (Wildman–Crippen LogP) is 1.52. The van der Waals surface area contributed by atoms with Gasteiger partial charge in [-0.05, 0) is 37.4 Å². The van der Waals surface area contributed by atoms with Crippen LogP contribution >= 0.6 is 0 Å². The molecule has 0 amide bonds. The van der Waals surface area contributed by atoms with Crippen molar-refractivity contribution >= 4 is 5.69 Å². The molecule has 0 spiro atoms. The van der Waals surface area contributed by atoms with Gasteiger partial charge in [0.25, 0.3) is 11.4 Å². The molecule has 0 aliphatic carbocycles. The maximum absolute atomic E-state index is 12.5. The van der Waals surface area contributed by atoms with E-state index in [1.54, 1.807) is 12.3 Å². The molecule has 140 valence electrons. The summed E-state index contributed by atoms with van der Waals surface area (Å²) in [5.41, 5.74) is 7.25. The van der Waals surface area contributed by atoms with E-state index in [4.69, 9.17) is 10.3 Å². The van der Waals surface area contributed by atoms with Gasteiger partial charge in [-0.15, -0.1) is 0 Å². The molecule has 2 aromatic heterocycles. The number of anilines is 1. The fourth-order valence-electron chi connectivity index (χ4n) is 3.29. The molecule has 4 rings (SSSR count). The molecule has 1 aromatic carbocycles. The first-order chi connectivity index (χ1) is 13.2. The Hall–Kier alpha value is -3.00. The minimum Gasteiger partial charge on any atom is -0.370 e. The lowest BCUT2D eigenvalue weighted by Crippen LogP contribution is -2.37. The monoisotopic (exact) mass is 366 g/mol. The second kappa shape index (κ2) is 7.71. The van der Waals surface area contributed by atoms with Crippen LogP contribution in [0.3, 0.4) is 0 Å². The molecule has 8 nitrogen and oxygen atoms in total. The molecule has 0 bridgehead atoms. The molecule has 3 aromatic rings. The van der Waals surface area contributed by atoms with Crippen LogP contribution in [0.2, 0.25) is 0 Å². The Balaban J connectivity index is 1.46. The Morgan fingerprint density at radius 1 is 1.19 bits per heavy atom. The number of nitrogens with two attached hydrogens (primary N) is 1. The van der Waals surface area contributed by atoms with Crippen molar-refractivity contribution in [3.63, 3.8) is 0 Å². The number of rotatable bonds is 5. The Morgan fingerprint density at radius 2 is 1.96 bits per heavy atom. The fraction of sp³-hybridized carbons (Fsp3) is 0.368. The molecule has 0 saturated carbocycles. The van der Waals surface area contributed by atoms with Crippen molar-refractivity contribution in [3.05, 3.63) is 58.8 Å². The standard InChI is InChI=1S/C19H22N6O2/c20-11-14-6-8-24(9-7-14)16-10-18(26)25(21-12-16)13-17-22-19(27-23-17)15-4-2-1-3-5-15/h1-5,10,12,14H,6-9,11,13,20H2. The van der Waals surface area contributed by atoms with E-state index >= 15 is 0 Å². The van der Waals surface area contributed by atoms with E-state index in [2.05, 4.69) is 20.1 Å². The van der Waals surface area contributed by atoms with Crippen molar-refractivity contribution in [3.8, 4) is 11.5 Å². The Labute approximate surface area is 156 Å². The highest BCUT2D eigenvalue weighted by Gasteiger charge is 2.19. The third-order valence-corrected chi connectivity index (χ3v) is 4.95. The third kappa shape index (κ3) is 3.90. The van der Waals surface area contributed by atoms with Crippen molar-refractivity contribution < 1.29 is 4.52 Å².